The number of H-pyrrole nitrogens is 1. The fraction of sp³-hybridized carbons (Fsp3) is 0.700. The molecule has 0 unspecified atom stereocenters. The summed E-state index contributed by atoms with van der Waals surface area (Å²) in [5.74, 6) is 1.55. The zero-order valence-corrected chi connectivity index (χ0v) is 8.83. The van der Waals surface area contributed by atoms with Crippen molar-refractivity contribution in [1.29, 1.82) is 0 Å². The van der Waals surface area contributed by atoms with Crippen LogP contribution in [-0.2, 0) is 0 Å². The summed E-state index contributed by atoms with van der Waals surface area (Å²) in [5.41, 5.74) is 6.86. The van der Waals surface area contributed by atoms with E-state index in [1.54, 1.807) is 0 Å². The summed E-state index contributed by atoms with van der Waals surface area (Å²) in [5, 5.41) is 6.74. The van der Waals surface area contributed by atoms with Gasteiger partial charge in [-0.3, -0.25) is 5.10 Å². The van der Waals surface area contributed by atoms with Crippen LogP contribution in [0.3, 0.4) is 0 Å². The summed E-state index contributed by atoms with van der Waals surface area (Å²) in [6, 6.07) is 0.482. The Kier molecular flexibility index (Phi) is 2.35. The van der Waals surface area contributed by atoms with Gasteiger partial charge >= 0.3 is 0 Å². The van der Waals surface area contributed by atoms with E-state index in [1.165, 1.54) is 12.8 Å². The molecule has 78 valence electrons. The van der Waals surface area contributed by atoms with E-state index < -0.39 is 0 Å². The van der Waals surface area contributed by atoms with Gasteiger partial charge < -0.3 is 10.6 Å². The average molecular weight is 194 g/mol. The summed E-state index contributed by atoms with van der Waals surface area (Å²) in [6.07, 6.45) is 4.54. The number of hydrogen-bond donors (Lipinski definition) is 2. The average Bonchev–Trinajstić information content (AvgIpc) is 2.85. The minimum absolute atomic E-state index is 0.482. The number of nitrogen functional groups attached to an aromatic ring is 1. The van der Waals surface area contributed by atoms with Crippen molar-refractivity contribution in [3.63, 3.8) is 0 Å². The van der Waals surface area contributed by atoms with Crippen LogP contribution in [0.2, 0.25) is 0 Å². The molecule has 1 fully saturated rings. The molecule has 0 aromatic carbocycles. The largest absolute Gasteiger partial charge is 0.382 e. The van der Waals surface area contributed by atoms with Crippen molar-refractivity contribution in [2.24, 2.45) is 5.92 Å². The van der Waals surface area contributed by atoms with Gasteiger partial charge in [0.05, 0.1) is 11.9 Å². The second-order valence-corrected chi connectivity index (χ2v) is 4.36. The van der Waals surface area contributed by atoms with E-state index in [2.05, 4.69) is 28.9 Å². The van der Waals surface area contributed by atoms with E-state index in [0.29, 0.717) is 11.9 Å². The molecule has 4 heteroatoms. The molecule has 0 atom stereocenters. The number of nitrogens with zero attached hydrogens (tertiary/aromatic N) is 2. The first-order valence-corrected chi connectivity index (χ1v) is 5.24. The van der Waals surface area contributed by atoms with Crippen LogP contribution in [0.5, 0.6) is 0 Å². The first kappa shape index (κ1) is 9.37. The topological polar surface area (TPSA) is 57.9 Å². The maximum absolute atomic E-state index is 5.82. The second kappa shape index (κ2) is 3.52. The standard InChI is InChI=1S/C10H18N4/c1-7(2)14(6-8-3-4-8)9-5-12-13-10(9)11/h5,7-8H,3-4,6H2,1-2H3,(H3,11,12,13). The van der Waals surface area contributed by atoms with Gasteiger partial charge in [-0.05, 0) is 32.6 Å². The molecule has 0 radical (unpaired) electrons. The molecule has 2 rings (SSSR count). The third-order valence-corrected chi connectivity index (χ3v) is 2.73. The van der Waals surface area contributed by atoms with Crippen LogP contribution in [0.4, 0.5) is 11.5 Å². The maximum atomic E-state index is 5.82. The molecular formula is C10H18N4. The Morgan fingerprint density at radius 1 is 1.64 bits per heavy atom. The highest BCUT2D eigenvalue weighted by Gasteiger charge is 2.26. The van der Waals surface area contributed by atoms with Gasteiger partial charge in [0, 0.05) is 12.6 Å². The Morgan fingerprint density at radius 2 is 2.36 bits per heavy atom. The predicted octanol–water partition coefficient (Wildman–Crippen LogP) is 1.62. The SMILES string of the molecule is CC(C)N(CC1CC1)c1cn[nH]c1N. The van der Waals surface area contributed by atoms with Gasteiger partial charge in [0.2, 0.25) is 0 Å². The zero-order valence-electron chi connectivity index (χ0n) is 8.83. The summed E-state index contributed by atoms with van der Waals surface area (Å²) < 4.78 is 0. The van der Waals surface area contributed by atoms with E-state index in [-0.39, 0.29) is 0 Å². The summed E-state index contributed by atoms with van der Waals surface area (Å²) in [6.45, 7) is 5.49. The van der Waals surface area contributed by atoms with Gasteiger partial charge in [-0.15, -0.1) is 0 Å². The number of aromatic nitrogens is 2. The summed E-state index contributed by atoms with van der Waals surface area (Å²) in [7, 11) is 0. The van der Waals surface area contributed by atoms with E-state index in [0.717, 1.165) is 18.2 Å². The number of hydrogen-bond acceptors (Lipinski definition) is 3. The van der Waals surface area contributed by atoms with Crippen LogP contribution < -0.4 is 10.6 Å². The molecule has 0 saturated heterocycles. The first-order chi connectivity index (χ1) is 6.68. The second-order valence-electron chi connectivity index (χ2n) is 4.36. The van der Waals surface area contributed by atoms with Crippen molar-refractivity contribution >= 4 is 11.5 Å². The van der Waals surface area contributed by atoms with Crippen LogP contribution in [0.1, 0.15) is 26.7 Å². The van der Waals surface area contributed by atoms with E-state index >= 15 is 0 Å². The van der Waals surface area contributed by atoms with Crippen molar-refractivity contribution in [2.45, 2.75) is 32.7 Å². The number of rotatable bonds is 4. The third-order valence-electron chi connectivity index (χ3n) is 2.73. The van der Waals surface area contributed by atoms with Crippen molar-refractivity contribution in [3.8, 4) is 0 Å². The minimum Gasteiger partial charge on any atom is -0.382 e. The quantitative estimate of drug-likeness (QED) is 0.765. The van der Waals surface area contributed by atoms with Crippen LogP contribution in [-0.4, -0.2) is 22.8 Å². The van der Waals surface area contributed by atoms with Crippen LogP contribution >= 0.6 is 0 Å². The molecule has 4 nitrogen and oxygen atoms in total. The molecule has 1 aromatic heterocycles. The normalized spacial score (nSPS) is 16.2. The molecule has 0 aliphatic heterocycles. The van der Waals surface area contributed by atoms with Gasteiger partial charge in [-0.2, -0.15) is 5.10 Å². The third kappa shape index (κ3) is 1.84. The molecule has 0 amide bonds. The lowest BCUT2D eigenvalue weighted by atomic mass is 10.2. The van der Waals surface area contributed by atoms with Gasteiger partial charge in [0.1, 0.15) is 5.82 Å². The smallest absolute Gasteiger partial charge is 0.142 e. The molecule has 1 heterocycles. The van der Waals surface area contributed by atoms with Crippen LogP contribution in [0, 0.1) is 5.92 Å². The molecule has 0 bridgehead atoms. The molecule has 1 aliphatic rings. The summed E-state index contributed by atoms with van der Waals surface area (Å²) in [4.78, 5) is 2.33. The Morgan fingerprint density at radius 3 is 2.79 bits per heavy atom. The molecule has 3 N–H and O–H groups in total. The molecule has 1 saturated carbocycles. The van der Waals surface area contributed by atoms with Gasteiger partial charge in [0.15, 0.2) is 0 Å². The molecular weight excluding hydrogens is 176 g/mol. The number of nitrogens with two attached hydrogens (primary N) is 1. The van der Waals surface area contributed by atoms with Crippen molar-refractivity contribution in [1.82, 2.24) is 10.2 Å². The highest BCUT2D eigenvalue weighted by atomic mass is 15.2. The predicted molar refractivity (Wildman–Crippen MR) is 58.2 cm³/mol. The van der Waals surface area contributed by atoms with Crippen molar-refractivity contribution in [3.05, 3.63) is 6.20 Å². The number of nitrogens with one attached hydrogen (secondary N) is 1. The molecule has 14 heavy (non-hydrogen) atoms. The summed E-state index contributed by atoms with van der Waals surface area (Å²) >= 11 is 0. The van der Waals surface area contributed by atoms with Gasteiger partial charge in [-0.1, -0.05) is 0 Å². The molecule has 1 aliphatic carbocycles. The van der Waals surface area contributed by atoms with E-state index in [1.807, 2.05) is 6.20 Å². The highest BCUT2D eigenvalue weighted by molar-refractivity contribution is 5.62. The fourth-order valence-corrected chi connectivity index (χ4v) is 1.68. The van der Waals surface area contributed by atoms with Gasteiger partial charge in [-0.25, -0.2) is 0 Å². The van der Waals surface area contributed by atoms with Crippen LogP contribution in [0.25, 0.3) is 0 Å². The van der Waals surface area contributed by atoms with Crippen molar-refractivity contribution in [2.75, 3.05) is 17.2 Å². The lowest BCUT2D eigenvalue weighted by molar-refractivity contribution is 0.645. The van der Waals surface area contributed by atoms with E-state index in [4.69, 9.17) is 5.73 Å². The number of anilines is 2. The Labute approximate surface area is 84.5 Å². The minimum atomic E-state index is 0.482. The van der Waals surface area contributed by atoms with E-state index in [9.17, 15) is 0 Å². The monoisotopic (exact) mass is 194 g/mol. The Hall–Kier alpha value is -1.19. The van der Waals surface area contributed by atoms with Crippen LogP contribution in [0.15, 0.2) is 6.20 Å². The Balaban J connectivity index is 2.12. The Bertz CT molecular complexity index is 301. The lowest BCUT2D eigenvalue weighted by Crippen LogP contribution is -2.32. The lowest BCUT2D eigenvalue weighted by Gasteiger charge is -2.27. The molecule has 0 spiro atoms. The van der Waals surface area contributed by atoms with Crippen molar-refractivity contribution < 1.29 is 0 Å². The zero-order chi connectivity index (χ0) is 10.1. The fourth-order valence-electron chi connectivity index (χ4n) is 1.68. The highest BCUT2D eigenvalue weighted by Crippen LogP contribution is 2.33. The number of aromatic amines is 1. The van der Waals surface area contributed by atoms with Gasteiger partial charge in [0.25, 0.3) is 0 Å². The first-order valence-electron chi connectivity index (χ1n) is 5.24. The molecule has 1 aromatic rings. The maximum Gasteiger partial charge on any atom is 0.142 e.